The lowest BCUT2D eigenvalue weighted by Gasteiger charge is -2.28. The monoisotopic (exact) mass is 421 g/mol. The Morgan fingerprint density at radius 2 is 1.71 bits per heavy atom. The number of carbonyl (C=O) groups excluding carboxylic acids is 4. The summed E-state index contributed by atoms with van der Waals surface area (Å²) in [6.45, 7) is 1.63. The van der Waals surface area contributed by atoms with Crippen LogP contribution < -0.4 is 5.32 Å². The van der Waals surface area contributed by atoms with Crippen LogP contribution in [0.3, 0.4) is 0 Å². The fourth-order valence-electron chi connectivity index (χ4n) is 3.92. The number of imide groups is 1. The van der Waals surface area contributed by atoms with E-state index in [0.717, 1.165) is 16.9 Å². The van der Waals surface area contributed by atoms with Gasteiger partial charge in [0.05, 0.1) is 0 Å². The second-order valence-corrected chi connectivity index (χ2v) is 7.81. The van der Waals surface area contributed by atoms with Crippen molar-refractivity contribution in [2.75, 3.05) is 19.7 Å². The molecule has 8 nitrogen and oxygen atoms in total. The van der Waals surface area contributed by atoms with Gasteiger partial charge in [0.2, 0.25) is 0 Å². The first kappa shape index (κ1) is 20.6. The van der Waals surface area contributed by atoms with E-state index in [2.05, 4.69) is 5.32 Å². The molecule has 0 aliphatic carbocycles. The van der Waals surface area contributed by atoms with Crippen LogP contribution in [0.2, 0.25) is 0 Å². The Hall–Kier alpha value is -3.68. The summed E-state index contributed by atoms with van der Waals surface area (Å²) in [6, 6.07) is 16.0. The highest BCUT2D eigenvalue weighted by Gasteiger charge is 2.49. The van der Waals surface area contributed by atoms with E-state index in [0.29, 0.717) is 18.7 Å². The Balaban J connectivity index is 1.32. The third kappa shape index (κ3) is 4.01. The lowest BCUT2D eigenvalue weighted by molar-refractivity contribution is -0.154. The highest BCUT2D eigenvalue weighted by atomic mass is 16.5. The fraction of sp³-hybridized carbons (Fsp3) is 0.304. The van der Waals surface area contributed by atoms with Gasteiger partial charge in [0.25, 0.3) is 11.8 Å². The van der Waals surface area contributed by atoms with Gasteiger partial charge in [0, 0.05) is 13.1 Å². The average molecular weight is 421 g/mol. The van der Waals surface area contributed by atoms with Crippen LogP contribution in [0.4, 0.5) is 4.79 Å². The minimum Gasteiger partial charge on any atom is -0.454 e. The van der Waals surface area contributed by atoms with Gasteiger partial charge >= 0.3 is 12.0 Å². The van der Waals surface area contributed by atoms with E-state index < -0.39 is 36.6 Å². The molecule has 4 rings (SSSR count). The quantitative estimate of drug-likeness (QED) is 0.584. The second-order valence-electron chi connectivity index (χ2n) is 7.81. The van der Waals surface area contributed by atoms with Crippen LogP contribution in [-0.4, -0.2) is 53.3 Å². The molecule has 0 saturated carbocycles. The zero-order chi connectivity index (χ0) is 22.0. The number of carbonyl (C=O) groups is 4. The van der Waals surface area contributed by atoms with E-state index in [1.165, 1.54) is 5.56 Å². The summed E-state index contributed by atoms with van der Waals surface area (Å²) >= 11 is 0. The summed E-state index contributed by atoms with van der Waals surface area (Å²) < 4.78 is 5.07. The molecule has 2 aromatic carbocycles. The van der Waals surface area contributed by atoms with Crippen LogP contribution >= 0.6 is 0 Å². The van der Waals surface area contributed by atoms with Crippen molar-refractivity contribution >= 4 is 23.8 Å². The van der Waals surface area contributed by atoms with E-state index in [1.807, 2.05) is 24.3 Å². The molecular formula is C23H23N3O5. The number of amides is 4. The SMILES string of the molecule is C[C@@]1(c2ccccc2)NC(=O)N(CC(=O)OCC(=O)N2CCc3ccccc3C2)C1=O. The van der Waals surface area contributed by atoms with E-state index in [-0.39, 0.29) is 5.91 Å². The molecule has 1 atom stereocenters. The molecule has 0 unspecified atom stereocenters. The Morgan fingerprint density at radius 3 is 2.45 bits per heavy atom. The maximum absolute atomic E-state index is 12.8. The molecule has 8 heteroatoms. The Kier molecular flexibility index (Phi) is 5.46. The third-order valence-electron chi connectivity index (χ3n) is 5.75. The lowest BCUT2D eigenvalue weighted by atomic mass is 9.92. The van der Waals surface area contributed by atoms with E-state index in [9.17, 15) is 19.2 Å². The van der Waals surface area contributed by atoms with Crippen molar-refractivity contribution in [1.82, 2.24) is 15.1 Å². The summed E-state index contributed by atoms with van der Waals surface area (Å²) in [6.07, 6.45) is 0.746. The summed E-state index contributed by atoms with van der Waals surface area (Å²) in [5.41, 5.74) is 1.65. The Labute approximate surface area is 179 Å². The van der Waals surface area contributed by atoms with Gasteiger partial charge in [0.1, 0.15) is 12.1 Å². The van der Waals surface area contributed by atoms with Crippen LogP contribution in [0.15, 0.2) is 54.6 Å². The predicted octanol–water partition coefficient (Wildman–Crippen LogP) is 1.58. The summed E-state index contributed by atoms with van der Waals surface area (Å²) in [5, 5.41) is 2.63. The standard InChI is InChI=1S/C23H23N3O5/c1-23(18-9-3-2-4-10-18)21(29)26(22(30)24-23)14-20(28)31-15-19(27)25-12-11-16-7-5-6-8-17(16)13-25/h2-10H,11-15H2,1H3,(H,24,30)/t23-/m0/s1. The van der Waals surface area contributed by atoms with Crippen molar-refractivity contribution in [3.63, 3.8) is 0 Å². The van der Waals surface area contributed by atoms with E-state index in [1.54, 1.807) is 42.2 Å². The van der Waals surface area contributed by atoms with Crippen LogP contribution in [0.25, 0.3) is 0 Å². The number of fused-ring (bicyclic) bond motifs is 1. The molecule has 1 fully saturated rings. The van der Waals surface area contributed by atoms with Gasteiger partial charge in [-0.05, 0) is 30.0 Å². The molecule has 2 aliphatic rings. The molecule has 4 amide bonds. The maximum Gasteiger partial charge on any atom is 0.326 e. The smallest absolute Gasteiger partial charge is 0.326 e. The van der Waals surface area contributed by atoms with Gasteiger partial charge in [-0.2, -0.15) is 0 Å². The fourth-order valence-corrected chi connectivity index (χ4v) is 3.92. The number of nitrogens with one attached hydrogen (secondary N) is 1. The lowest BCUT2D eigenvalue weighted by Crippen LogP contribution is -2.42. The molecule has 2 aromatic rings. The molecule has 0 aromatic heterocycles. The normalized spacial score (nSPS) is 20.3. The van der Waals surface area contributed by atoms with Crippen molar-refractivity contribution in [1.29, 1.82) is 0 Å². The van der Waals surface area contributed by atoms with E-state index in [4.69, 9.17) is 4.74 Å². The van der Waals surface area contributed by atoms with Gasteiger partial charge in [-0.15, -0.1) is 0 Å². The number of hydrogen-bond acceptors (Lipinski definition) is 5. The van der Waals surface area contributed by atoms with Gasteiger partial charge in [0.15, 0.2) is 6.61 Å². The van der Waals surface area contributed by atoms with Crippen molar-refractivity contribution in [2.24, 2.45) is 0 Å². The number of ether oxygens (including phenoxy) is 1. The topological polar surface area (TPSA) is 96.0 Å². The highest BCUT2D eigenvalue weighted by Crippen LogP contribution is 2.28. The summed E-state index contributed by atoms with van der Waals surface area (Å²) in [5.74, 6) is -1.67. The molecule has 2 aliphatic heterocycles. The average Bonchev–Trinajstić information content (AvgIpc) is 3.01. The molecule has 160 valence electrons. The summed E-state index contributed by atoms with van der Waals surface area (Å²) in [4.78, 5) is 52.3. The van der Waals surface area contributed by atoms with E-state index >= 15 is 0 Å². The molecule has 2 heterocycles. The van der Waals surface area contributed by atoms with Crippen LogP contribution in [0.5, 0.6) is 0 Å². The first-order valence-corrected chi connectivity index (χ1v) is 10.1. The van der Waals surface area contributed by atoms with Gasteiger partial charge in [-0.1, -0.05) is 54.6 Å². The third-order valence-corrected chi connectivity index (χ3v) is 5.75. The molecule has 31 heavy (non-hydrogen) atoms. The van der Waals surface area contributed by atoms with Crippen LogP contribution in [-0.2, 0) is 37.6 Å². The number of nitrogens with zero attached hydrogens (tertiary/aromatic N) is 2. The highest BCUT2D eigenvalue weighted by molar-refractivity contribution is 6.08. The molecule has 0 bridgehead atoms. The van der Waals surface area contributed by atoms with Crippen LogP contribution in [0, 0.1) is 0 Å². The number of rotatable bonds is 5. The maximum atomic E-state index is 12.8. The number of esters is 1. The largest absolute Gasteiger partial charge is 0.454 e. The number of urea groups is 1. The molecule has 0 radical (unpaired) electrons. The zero-order valence-corrected chi connectivity index (χ0v) is 17.2. The van der Waals surface area contributed by atoms with Gasteiger partial charge in [-0.3, -0.25) is 19.3 Å². The van der Waals surface area contributed by atoms with Gasteiger partial charge in [-0.25, -0.2) is 4.79 Å². The first-order chi connectivity index (χ1) is 14.9. The van der Waals surface area contributed by atoms with Crippen LogP contribution in [0.1, 0.15) is 23.6 Å². The Morgan fingerprint density at radius 1 is 1.03 bits per heavy atom. The Bertz CT molecular complexity index is 1040. The minimum absolute atomic E-state index is 0.311. The zero-order valence-electron chi connectivity index (χ0n) is 17.2. The van der Waals surface area contributed by atoms with Crippen molar-refractivity contribution < 1.29 is 23.9 Å². The molecular weight excluding hydrogens is 398 g/mol. The summed E-state index contributed by atoms with van der Waals surface area (Å²) in [7, 11) is 0. The molecule has 0 spiro atoms. The second kappa shape index (κ2) is 8.22. The first-order valence-electron chi connectivity index (χ1n) is 10.1. The van der Waals surface area contributed by atoms with Crippen molar-refractivity contribution in [3.8, 4) is 0 Å². The molecule has 1 N–H and O–H groups in total. The number of benzene rings is 2. The molecule has 1 saturated heterocycles. The van der Waals surface area contributed by atoms with Gasteiger partial charge < -0.3 is 15.0 Å². The minimum atomic E-state index is -1.25. The predicted molar refractivity (Wildman–Crippen MR) is 111 cm³/mol. The van der Waals surface area contributed by atoms with Crippen molar-refractivity contribution in [2.45, 2.75) is 25.4 Å². The van der Waals surface area contributed by atoms with Crippen molar-refractivity contribution in [3.05, 3.63) is 71.3 Å². The number of hydrogen-bond donors (Lipinski definition) is 1.